The van der Waals surface area contributed by atoms with Crippen LogP contribution in [0.2, 0.25) is 0 Å². The van der Waals surface area contributed by atoms with E-state index in [1.54, 1.807) is 47.4 Å². The number of nitrogens with one attached hydrogen (secondary N) is 2. The second-order valence-corrected chi connectivity index (χ2v) is 13.4. The van der Waals surface area contributed by atoms with Gasteiger partial charge in [-0.2, -0.15) is 0 Å². The van der Waals surface area contributed by atoms with Crippen LogP contribution >= 0.6 is 11.3 Å². The number of aliphatic hydroxyl groups is 1. The molecule has 2 aromatic rings. The fourth-order valence-corrected chi connectivity index (χ4v) is 7.05. The van der Waals surface area contributed by atoms with Crippen molar-refractivity contribution in [3.05, 3.63) is 41.3 Å². The van der Waals surface area contributed by atoms with Gasteiger partial charge in [-0.1, -0.05) is 32.3 Å². The lowest BCUT2D eigenvalue weighted by atomic mass is 9.96. The number of anilines is 1. The predicted molar refractivity (Wildman–Crippen MR) is 151 cm³/mol. The Kier molecular flexibility index (Phi) is 9.39. The topological polar surface area (TPSA) is 128 Å². The van der Waals surface area contributed by atoms with Gasteiger partial charge < -0.3 is 25.0 Å². The van der Waals surface area contributed by atoms with Crippen molar-refractivity contribution in [1.29, 1.82) is 0 Å². The fourth-order valence-electron chi connectivity index (χ4n) is 5.01. The highest BCUT2D eigenvalue weighted by Gasteiger charge is 2.34. The van der Waals surface area contributed by atoms with Gasteiger partial charge in [-0.25, -0.2) is 13.2 Å². The molecule has 0 radical (unpaired) electrons. The fraction of sp³-hybridized carbons (Fsp3) is 0.556. The maximum atomic E-state index is 13.6. The Hall–Kier alpha value is -2.83. The molecule has 0 unspecified atom stereocenters. The summed E-state index contributed by atoms with van der Waals surface area (Å²) in [5.74, 6) is -0.220. The summed E-state index contributed by atoms with van der Waals surface area (Å²) in [6.45, 7) is 4.08. The van der Waals surface area contributed by atoms with Gasteiger partial charge in [0.05, 0.1) is 24.8 Å². The Bertz CT molecular complexity index is 1250. The van der Waals surface area contributed by atoms with E-state index in [0.717, 1.165) is 37.0 Å². The van der Waals surface area contributed by atoms with Crippen LogP contribution in [0.5, 0.6) is 5.75 Å². The summed E-state index contributed by atoms with van der Waals surface area (Å²) in [6, 6.07) is 7.31. The number of sulfonamides is 1. The Morgan fingerprint density at radius 2 is 2.00 bits per heavy atom. The van der Waals surface area contributed by atoms with Gasteiger partial charge in [-0.15, -0.1) is 11.3 Å². The Balaban J connectivity index is 1.58. The summed E-state index contributed by atoms with van der Waals surface area (Å²) in [5.41, 5.74) is 0.415. The van der Waals surface area contributed by atoms with Crippen LogP contribution in [0.3, 0.4) is 0 Å². The van der Waals surface area contributed by atoms with Crippen molar-refractivity contribution in [2.75, 3.05) is 31.5 Å². The predicted octanol–water partition coefficient (Wildman–Crippen LogP) is 3.74. The van der Waals surface area contributed by atoms with Crippen LogP contribution in [0.25, 0.3) is 0 Å². The van der Waals surface area contributed by atoms with E-state index in [-0.39, 0.29) is 46.0 Å². The van der Waals surface area contributed by atoms with Crippen molar-refractivity contribution in [3.63, 3.8) is 0 Å². The molecule has 3 amide bonds. The molecule has 2 heterocycles. The van der Waals surface area contributed by atoms with Gasteiger partial charge in [0.1, 0.15) is 16.1 Å². The monoisotopic (exact) mass is 578 g/mol. The first-order valence-electron chi connectivity index (χ1n) is 13.4. The van der Waals surface area contributed by atoms with Gasteiger partial charge in [0.25, 0.3) is 15.9 Å². The summed E-state index contributed by atoms with van der Waals surface area (Å²) in [4.78, 5) is 29.8. The van der Waals surface area contributed by atoms with Gasteiger partial charge in [0, 0.05) is 31.2 Å². The van der Waals surface area contributed by atoms with Crippen molar-refractivity contribution in [3.8, 4) is 5.75 Å². The van der Waals surface area contributed by atoms with Crippen molar-refractivity contribution >= 4 is 39.0 Å². The zero-order chi connectivity index (χ0) is 28.2. The van der Waals surface area contributed by atoms with Crippen LogP contribution in [0, 0.1) is 5.92 Å². The summed E-state index contributed by atoms with van der Waals surface area (Å²) < 4.78 is 34.6. The molecule has 12 heteroatoms. The first-order valence-corrected chi connectivity index (χ1v) is 15.8. The average molecular weight is 579 g/mol. The van der Waals surface area contributed by atoms with Crippen LogP contribution in [0.1, 0.15) is 56.3 Å². The maximum Gasteiger partial charge on any atom is 0.317 e. The highest BCUT2D eigenvalue weighted by atomic mass is 32.2. The zero-order valence-electron chi connectivity index (χ0n) is 22.6. The summed E-state index contributed by atoms with van der Waals surface area (Å²) in [7, 11) is -2.08. The number of aliphatic hydroxyl groups excluding tert-OH is 1. The SMILES string of the molecule is C[C@@H]1CN([C@H](C)CO)C(=O)c2cc(NS(=O)(=O)c3cccs3)ccc2O[C@@H]1CN(C)C(=O)NC1CCCCC1. The molecule has 0 bridgehead atoms. The number of thiophene rings is 1. The molecule has 3 N–H and O–H groups in total. The Labute approximate surface area is 234 Å². The van der Waals surface area contributed by atoms with E-state index in [1.807, 2.05) is 6.92 Å². The molecule has 4 rings (SSSR count). The number of hydrogen-bond acceptors (Lipinski definition) is 7. The molecule has 1 aromatic carbocycles. The number of ether oxygens (including phenoxy) is 1. The maximum absolute atomic E-state index is 13.6. The molecule has 0 spiro atoms. The standard InChI is InChI=1S/C27H38N4O6S2/c1-18-15-31(19(2)17-32)26(33)22-14-21(29-39(35,36)25-10-7-13-38-25)11-12-23(22)37-24(18)16-30(3)27(34)28-20-8-5-4-6-9-20/h7,10-14,18-20,24,29,32H,4-6,8-9,15-17H2,1-3H3,(H,28,34)/t18-,19-,24-/m1/s1. The number of benzene rings is 1. The lowest BCUT2D eigenvalue weighted by molar-refractivity contribution is 0.0366. The van der Waals surface area contributed by atoms with E-state index >= 15 is 0 Å². The van der Waals surface area contributed by atoms with Crippen LogP contribution in [-0.2, 0) is 10.0 Å². The molecule has 2 aliphatic rings. The number of likely N-dealkylation sites (N-methyl/N-ethyl adjacent to an activating group) is 1. The Morgan fingerprint density at radius 1 is 1.26 bits per heavy atom. The van der Waals surface area contributed by atoms with E-state index in [4.69, 9.17) is 4.74 Å². The molecule has 1 aromatic heterocycles. The minimum atomic E-state index is -3.81. The molecular formula is C27H38N4O6S2. The number of fused-ring (bicyclic) bond motifs is 1. The van der Waals surface area contributed by atoms with Crippen LogP contribution in [0.15, 0.2) is 39.9 Å². The quantitative estimate of drug-likeness (QED) is 0.438. The van der Waals surface area contributed by atoms with Gasteiger partial charge in [-0.05, 0) is 49.4 Å². The number of nitrogens with zero attached hydrogens (tertiary/aromatic N) is 2. The van der Waals surface area contributed by atoms with E-state index in [0.29, 0.717) is 18.8 Å². The third kappa shape index (κ3) is 7.03. The number of hydrogen-bond donors (Lipinski definition) is 3. The molecule has 1 aliphatic heterocycles. The van der Waals surface area contributed by atoms with Gasteiger partial charge >= 0.3 is 6.03 Å². The number of urea groups is 1. The Morgan fingerprint density at radius 3 is 2.67 bits per heavy atom. The number of carbonyl (C=O) groups excluding carboxylic acids is 2. The minimum Gasteiger partial charge on any atom is -0.487 e. The second-order valence-electron chi connectivity index (χ2n) is 10.5. The largest absolute Gasteiger partial charge is 0.487 e. The molecule has 1 saturated carbocycles. The molecule has 0 saturated heterocycles. The van der Waals surface area contributed by atoms with Crippen molar-refractivity contribution in [1.82, 2.24) is 15.1 Å². The lowest BCUT2D eigenvalue weighted by Gasteiger charge is -2.38. The number of amides is 3. The van der Waals surface area contributed by atoms with Crippen molar-refractivity contribution in [2.24, 2.45) is 5.92 Å². The highest BCUT2D eigenvalue weighted by molar-refractivity contribution is 7.94. The van der Waals surface area contributed by atoms with Crippen LogP contribution in [0.4, 0.5) is 10.5 Å². The smallest absolute Gasteiger partial charge is 0.317 e. The highest BCUT2D eigenvalue weighted by Crippen LogP contribution is 2.32. The van der Waals surface area contributed by atoms with Crippen molar-refractivity contribution < 1.29 is 27.9 Å². The van der Waals surface area contributed by atoms with Crippen LogP contribution in [-0.4, -0.2) is 80.2 Å². The third-order valence-electron chi connectivity index (χ3n) is 7.41. The number of rotatable bonds is 8. The third-order valence-corrected chi connectivity index (χ3v) is 10.2. The molecule has 214 valence electrons. The van der Waals surface area contributed by atoms with E-state index < -0.39 is 22.2 Å². The lowest BCUT2D eigenvalue weighted by Crippen LogP contribution is -2.52. The van der Waals surface area contributed by atoms with Crippen molar-refractivity contribution in [2.45, 2.75) is 68.3 Å². The zero-order valence-corrected chi connectivity index (χ0v) is 24.3. The molecule has 3 atom stereocenters. The summed E-state index contributed by atoms with van der Waals surface area (Å²) >= 11 is 1.10. The molecule has 1 fully saturated rings. The second kappa shape index (κ2) is 12.6. The van der Waals surface area contributed by atoms with Crippen LogP contribution < -0.4 is 14.8 Å². The first-order chi connectivity index (χ1) is 18.6. The normalized spacial score (nSPS) is 21.2. The summed E-state index contributed by atoms with van der Waals surface area (Å²) in [6.07, 6.45) is 4.96. The molecule has 39 heavy (non-hydrogen) atoms. The molecule has 10 nitrogen and oxygen atoms in total. The van der Waals surface area contributed by atoms with E-state index in [1.165, 1.54) is 18.6 Å². The molecule has 1 aliphatic carbocycles. The van der Waals surface area contributed by atoms with Gasteiger partial charge in [0.15, 0.2) is 0 Å². The van der Waals surface area contributed by atoms with Gasteiger partial charge in [0.2, 0.25) is 0 Å². The van der Waals surface area contributed by atoms with Gasteiger partial charge in [-0.3, -0.25) is 9.52 Å². The first kappa shape index (κ1) is 29.2. The minimum absolute atomic E-state index is 0.155. The number of carbonyl (C=O) groups is 2. The van der Waals surface area contributed by atoms with E-state index in [2.05, 4.69) is 10.0 Å². The summed E-state index contributed by atoms with van der Waals surface area (Å²) in [5, 5.41) is 14.7. The molecular weight excluding hydrogens is 540 g/mol. The van der Waals surface area contributed by atoms with E-state index in [9.17, 15) is 23.1 Å². The average Bonchev–Trinajstić information content (AvgIpc) is 3.47.